The van der Waals surface area contributed by atoms with Gasteiger partial charge in [-0.2, -0.15) is 18.3 Å². The van der Waals surface area contributed by atoms with Crippen molar-refractivity contribution in [3.63, 3.8) is 0 Å². The van der Waals surface area contributed by atoms with E-state index in [1.165, 1.54) is 22.9 Å². The van der Waals surface area contributed by atoms with Crippen molar-refractivity contribution in [3.8, 4) is 5.75 Å². The molecule has 1 N–H and O–H groups in total. The van der Waals surface area contributed by atoms with Gasteiger partial charge in [0, 0.05) is 25.7 Å². The number of carbonyl (C=O) groups excluding carboxylic acids is 2. The van der Waals surface area contributed by atoms with Gasteiger partial charge >= 0.3 is 6.18 Å². The zero-order chi connectivity index (χ0) is 23.6. The predicted molar refractivity (Wildman–Crippen MR) is 113 cm³/mol. The van der Waals surface area contributed by atoms with Gasteiger partial charge in [0.15, 0.2) is 5.69 Å². The third kappa shape index (κ3) is 5.00. The van der Waals surface area contributed by atoms with Crippen LogP contribution in [0, 0.1) is 0 Å². The predicted octanol–water partition coefficient (Wildman–Crippen LogP) is 3.50. The van der Waals surface area contributed by atoms with Gasteiger partial charge in [0.2, 0.25) is 0 Å². The van der Waals surface area contributed by atoms with Gasteiger partial charge < -0.3 is 15.0 Å². The van der Waals surface area contributed by atoms with Crippen molar-refractivity contribution in [3.05, 3.63) is 82.7 Å². The maximum atomic E-state index is 12.9. The van der Waals surface area contributed by atoms with Gasteiger partial charge in [-0.15, -0.1) is 0 Å². The molecule has 2 heterocycles. The molecule has 0 aliphatic carbocycles. The highest BCUT2D eigenvalue weighted by Crippen LogP contribution is 2.29. The fourth-order valence-electron chi connectivity index (χ4n) is 3.62. The van der Waals surface area contributed by atoms with Crippen LogP contribution in [0.15, 0.2) is 54.6 Å². The molecule has 7 nitrogen and oxygen atoms in total. The fraction of sp³-hybridized carbons (Fsp3) is 0.261. The molecule has 172 valence electrons. The molecule has 0 spiro atoms. The molecule has 2 amide bonds. The minimum absolute atomic E-state index is 0.0357. The number of halogens is 3. The number of carbonyl (C=O) groups is 2. The van der Waals surface area contributed by atoms with E-state index in [9.17, 15) is 22.8 Å². The molecule has 0 atom stereocenters. The number of hydrogen-bond donors (Lipinski definition) is 1. The summed E-state index contributed by atoms with van der Waals surface area (Å²) in [5.74, 6) is -0.128. The monoisotopic (exact) mass is 458 g/mol. The number of hydrogen-bond acceptors (Lipinski definition) is 4. The van der Waals surface area contributed by atoms with Crippen LogP contribution < -0.4 is 10.1 Å². The lowest BCUT2D eigenvalue weighted by Crippen LogP contribution is -2.39. The number of alkyl halides is 3. The minimum atomic E-state index is -4.46. The Morgan fingerprint density at radius 1 is 1.09 bits per heavy atom. The first-order chi connectivity index (χ1) is 15.7. The molecule has 3 aromatic rings. The van der Waals surface area contributed by atoms with Crippen molar-refractivity contribution in [2.24, 2.45) is 0 Å². The van der Waals surface area contributed by atoms with Gasteiger partial charge in [-0.1, -0.05) is 24.3 Å². The lowest BCUT2D eigenvalue weighted by atomic mass is 10.1. The second kappa shape index (κ2) is 8.97. The van der Waals surface area contributed by atoms with Crippen LogP contribution in [0.1, 0.15) is 37.7 Å². The van der Waals surface area contributed by atoms with Gasteiger partial charge in [-0.3, -0.25) is 14.3 Å². The Hall–Kier alpha value is -3.82. The van der Waals surface area contributed by atoms with E-state index in [-0.39, 0.29) is 23.8 Å². The summed E-state index contributed by atoms with van der Waals surface area (Å²) >= 11 is 0. The Balaban J connectivity index is 1.42. The van der Waals surface area contributed by atoms with Gasteiger partial charge in [0.25, 0.3) is 11.8 Å². The standard InChI is InChI=1S/C23H21F3N4O3/c1-33-18-7-3-5-16(11-18)14-29-8-9-30-20(22(29)32)12-19(28-30)21(31)27-13-15-4-2-6-17(10-15)23(24,25)26/h2-7,10-12H,8-9,13-14H2,1H3,(H,27,31). The van der Waals surface area contributed by atoms with Crippen molar-refractivity contribution in [2.75, 3.05) is 13.7 Å². The molecular weight excluding hydrogens is 437 g/mol. The molecule has 0 radical (unpaired) electrons. The van der Waals surface area contributed by atoms with Gasteiger partial charge in [0.1, 0.15) is 11.4 Å². The first-order valence-electron chi connectivity index (χ1n) is 10.2. The molecule has 0 saturated heterocycles. The lowest BCUT2D eigenvalue weighted by molar-refractivity contribution is -0.137. The quantitative estimate of drug-likeness (QED) is 0.614. The summed E-state index contributed by atoms with van der Waals surface area (Å²) < 4.78 is 45.3. The lowest BCUT2D eigenvalue weighted by Gasteiger charge is -2.27. The van der Waals surface area contributed by atoms with Crippen molar-refractivity contribution in [1.82, 2.24) is 20.0 Å². The number of methoxy groups -OCH3 is 1. The van der Waals surface area contributed by atoms with Crippen molar-refractivity contribution >= 4 is 11.8 Å². The third-order valence-electron chi connectivity index (χ3n) is 5.32. The fourth-order valence-corrected chi connectivity index (χ4v) is 3.62. The summed E-state index contributed by atoms with van der Waals surface area (Å²) in [4.78, 5) is 27.1. The van der Waals surface area contributed by atoms with E-state index in [0.717, 1.165) is 17.7 Å². The van der Waals surface area contributed by atoms with Crippen molar-refractivity contribution in [1.29, 1.82) is 0 Å². The van der Waals surface area contributed by atoms with E-state index in [1.54, 1.807) is 12.0 Å². The first kappa shape index (κ1) is 22.4. The number of benzene rings is 2. The van der Waals surface area contributed by atoms with Crippen LogP contribution in [0.2, 0.25) is 0 Å². The van der Waals surface area contributed by atoms with Gasteiger partial charge in [-0.25, -0.2) is 0 Å². The number of fused-ring (bicyclic) bond motifs is 1. The maximum Gasteiger partial charge on any atom is 0.416 e. The summed E-state index contributed by atoms with van der Waals surface area (Å²) in [5.41, 5.74) is 0.757. The molecule has 0 bridgehead atoms. The van der Waals surface area contributed by atoms with Crippen LogP contribution in [0.5, 0.6) is 5.75 Å². The number of rotatable bonds is 6. The highest BCUT2D eigenvalue weighted by atomic mass is 19.4. The maximum absolute atomic E-state index is 12.9. The van der Waals surface area contributed by atoms with Crippen LogP contribution in [-0.2, 0) is 25.8 Å². The van der Waals surface area contributed by atoms with Gasteiger partial charge in [0.05, 0.1) is 19.2 Å². The van der Waals surface area contributed by atoms with E-state index in [2.05, 4.69) is 10.4 Å². The molecule has 33 heavy (non-hydrogen) atoms. The molecule has 4 rings (SSSR count). The summed E-state index contributed by atoms with van der Waals surface area (Å²) in [7, 11) is 1.57. The van der Waals surface area contributed by atoms with E-state index in [1.807, 2.05) is 24.3 Å². The number of nitrogens with one attached hydrogen (secondary N) is 1. The zero-order valence-corrected chi connectivity index (χ0v) is 17.7. The summed E-state index contributed by atoms with van der Waals surface area (Å²) in [5, 5.41) is 6.76. The van der Waals surface area contributed by atoms with E-state index < -0.39 is 17.6 Å². The smallest absolute Gasteiger partial charge is 0.416 e. The van der Waals surface area contributed by atoms with E-state index in [4.69, 9.17) is 4.74 Å². The summed E-state index contributed by atoms with van der Waals surface area (Å²) in [6, 6.07) is 13.6. The Morgan fingerprint density at radius 2 is 1.85 bits per heavy atom. The second-order valence-corrected chi connectivity index (χ2v) is 7.60. The highest BCUT2D eigenvalue weighted by molar-refractivity contribution is 5.98. The molecular formula is C23H21F3N4O3. The van der Waals surface area contributed by atoms with E-state index in [0.29, 0.717) is 30.9 Å². The Kier molecular flexibility index (Phi) is 6.08. The van der Waals surface area contributed by atoms with Crippen LogP contribution >= 0.6 is 0 Å². The minimum Gasteiger partial charge on any atom is -0.497 e. The van der Waals surface area contributed by atoms with Crippen molar-refractivity contribution < 1.29 is 27.5 Å². The second-order valence-electron chi connectivity index (χ2n) is 7.60. The average molecular weight is 458 g/mol. The van der Waals surface area contributed by atoms with Crippen LogP contribution in [-0.4, -0.2) is 40.1 Å². The molecule has 1 aliphatic heterocycles. The normalized spacial score (nSPS) is 13.6. The first-order valence-corrected chi connectivity index (χ1v) is 10.2. The Bertz CT molecular complexity index is 1190. The van der Waals surface area contributed by atoms with Crippen LogP contribution in [0.25, 0.3) is 0 Å². The number of amides is 2. The molecule has 10 heteroatoms. The van der Waals surface area contributed by atoms with E-state index >= 15 is 0 Å². The molecule has 0 fully saturated rings. The topological polar surface area (TPSA) is 76.5 Å². The summed E-state index contributed by atoms with van der Waals surface area (Å²) in [6.07, 6.45) is -4.46. The average Bonchev–Trinajstić information content (AvgIpc) is 3.24. The Morgan fingerprint density at radius 3 is 2.61 bits per heavy atom. The highest BCUT2D eigenvalue weighted by Gasteiger charge is 2.31. The van der Waals surface area contributed by atoms with Crippen LogP contribution in [0.3, 0.4) is 0 Å². The molecule has 1 aromatic heterocycles. The molecule has 0 saturated carbocycles. The molecule has 2 aromatic carbocycles. The van der Waals surface area contributed by atoms with Gasteiger partial charge in [-0.05, 0) is 35.4 Å². The number of nitrogens with zero attached hydrogens (tertiary/aromatic N) is 3. The largest absolute Gasteiger partial charge is 0.497 e. The molecule has 0 unspecified atom stereocenters. The number of ether oxygens (including phenoxy) is 1. The summed E-state index contributed by atoms with van der Waals surface area (Å²) in [6.45, 7) is 1.14. The van der Waals surface area contributed by atoms with Crippen molar-refractivity contribution in [2.45, 2.75) is 25.8 Å². The van der Waals surface area contributed by atoms with Crippen LogP contribution in [0.4, 0.5) is 13.2 Å². The number of aromatic nitrogens is 2. The SMILES string of the molecule is COc1cccc(CN2CCn3nc(C(=O)NCc4cccc(C(F)(F)F)c4)cc3C2=O)c1. The third-order valence-corrected chi connectivity index (χ3v) is 5.32. The Labute approximate surface area is 187 Å². The zero-order valence-electron chi connectivity index (χ0n) is 17.7. The molecule has 1 aliphatic rings.